The predicted molar refractivity (Wildman–Crippen MR) is 57.0 cm³/mol. The van der Waals surface area contributed by atoms with Crippen molar-refractivity contribution in [2.75, 3.05) is 11.1 Å². The van der Waals surface area contributed by atoms with Gasteiger partial charge in [-0.15, -0.1) is 0 Å². The molecule has 0 spiro atoms. The fourth-order valence-electron chi connectivity index (χ4n) is 1.22. The lowest BCUT2D eigenvalue weighted by Gasteiger charge is -2.04. The minimum atomic E-state index is 0.536. The Hall–Kier alpha value is -2.11. The van der Waals surface area contributed by atoms with Gasteiger partial charge in [-0.05, 0) is 6.07 Å². The highest BCUT2D eigenvalue weighted by Gasteiger charge is 2.00. The van der Waals surface area contributed by atoms with Crippen molar-refractivity contribution in [1.29, 1.82) is 0 Å². The summed E-state index contributed by atoms with van der Waals surface area (Å²) < 4.78 is 1.75. The van der Waals surface area contributed by atoms with Gasteiger partial charge >= 0.3 is 0 Å². The average Bonchev–Trinajstić information content (AvgIpc) is 2.63. The zero-order valence-corrected chi connectivity index (χ0v) is 8.38. The lowest BCUT2D eigenvalue weighted by molar-refractivity contribution is 0.747. The lowest BCUT2D eigenvalue weighted by Crippen LogP contribution is -2.05. The molecule has 0 saturated heterocycles. The predicted octanol–water partition coefficient (Wildman–Crippen LogP) is 0.404. The van der Waals surface area contributed by atoms with E-state index < -0.39 is 0 Å². The van der Waals surface area contributed by atoms with Gasteiger partial charge in [-0.25, -0.2) is 9.97 Å². The molecule has 0 amide bonds. The fourth-order valence-corrected chi connectivity index (χ4v) is 1.22. The standard InChI is InChI=1S/C9H12N6/c1-15-3-2-7(14-15)4-12-9-8(10)5-11-6-13-9/h2-3,5-6H,4,10H2,1H3,(H,11,12,13). The van der Waals surface area contributed by atoms with Gasteiger partial charge in [0.25, 0.3) is 0 Å². The van der Waals surface area contributed by atoms with Gasteiger partial charge in [0.1, 0.15) is 6.33 Å². The number of nitrogens with two attached hydrogens (primary N) is 1. The van der Waals surface area contributed by atoms with E-state index in [0.29, 0.717) is 18.1 Å². The van der Waals surface area contributed by atoms with Gasteiger partial charge < -0.3 is 11.1 Å². The van der Waals surface area contributed by atoms with Crippen LogP contribution in [0.15, 0.2) is 24.8 Å². The maximum absolute atomic E-state index is 5.68. The number of hydrogen-bond acceptors (Lipinski definition) is 5. The minimum Gasteiger partial charge on any atom is -0.394 e. The van der Waals surface area contributed by atoms with Crippen LogP contribution in [0.25, 0.3) is 0 Å². The maximum Gasteiger partial charge on any atom is 0.152 e. The first-order valence-corrected chi connectivity index (χ1v) is 4.53. The third-order valence-corrected chi connectivity index (χ3v) is 1.95. The van der Waals surface area contributed by atoms with Crippen LogP contribution in [0.5, 0.6) is 0 Å². The number of hydrogen-bond donors (Lipinski definition) is 2. The zero-order chi connectivity index (χ0) is 10.7. The highest BCUT2D eigenvalue weighted by Crippen LogP contribution is 2.12. The Bertz CT molecular complexity index is 449. The molecule has 6 nitrogen and oxygen atoms in total. The first-order valence-electron chi connectivity index (χ1n) is 4.53. The van der Waals surface area contributed by atoms with Crippen LogP contribution in [0.1, 0.15) is 5.69 Å². The largest absolute Gasteiger partial charge is 0.394 e. The molecular formula is C9H12N6. The molecule has 0 radical (unpaired) electrons. The molecule has 2 aromatic rings. The first kappa shape index (κ1) is 9.45. The normalized spacial score (nSPS) is 10.2. The number of aryl methyl sites for hydroxylation is 1. The van der Waals surface area contributed by atoms with Crippen LogP contribution in [-0.4, -0.2) is 19.7 Å². The second kappa shape index (κ2) is 3.95. The summed E-state index contributed by atoms with van der Waals surface area (Å²) in [5.74, 6) is 0.635. The third-order valence-electron chi connectivity index (χ3n) is 1.95. The molecule has 0 aromatic carbocycles. The highest BCUT2D eigenvalue weighted by atomic mass is 15.3. The Morgan fingerprint density at radius 1 is 1.53 bits per heavy atom. The van der Waals surface area contributed by atoms with Crippen molar-refractivity contribution < 1.29 is 0 Å². The molecule has 0 unspecified atom stereocenters. The van der Waals surface area contributed by atoms with Gasteiger partial charge in [-0.1, -0.05) is 0 Å². The highest BCUT2D eigenvalue weighted by molar-refractivity contribution is 5.58. The van der Waals surface area contributed by atoms with E-state index in [0.717, 1.165) is 5.69 Å². The van der Waals surface area contributed by atoms with E-state index in [-0.39, 0.29) is 0 Å². The Labute approximate surface area is 87.2 Å². The van der Waals surface area contributed by atoms with Crippen LogP contribution >= 0.6 is 0 Å². The molecule has 0 fully saturated rings. The number of nitrogens with one attached hydrogen (secondary N) is 1. The van der Waals surface area contributed by atoms with Crippen LogP contribution in [0, 0.1) is 0 Å². The van der Waals surface area contributed by atoms with Crippen LogP contribution in [0.3, 0.4) is 0 Å². The molecule has 2 aromatic heterocycles. The van der Waals surface area contributed by atoms with E-state index in [1.165, 1.54) is 6.33 Å². The summed E-state index contributed by atoms with van der Waals surface area (Å²) in [6.45, 7) is 0.599. The van der Waals surface area contributed by atoms with Gasteiger partial charge in [0.2, 0.25) is 0 Å². The van der Waals surface area contributed by atoms with Crippen LogP contribution < -0.4 is 11.1 Å². The number of anilines is 2. The van der Waals surface area contributed by atoms with Crippen molar-refractivity contribution in [1.82, 2.24) is 19.7 Å². The van der Waals surface area contributed by atoms with Gasteiger partial charge in [0.15, 0.2) is 5.82 Å². The average molecular weight is 204 g/mol. The minimum absolute atomic E-state index is 0.536. The van der Waals surface area contributed by atoms with Crippen molar-refractivity contribution in [3.8, 4) is 0 Å². The molecule has 0 atom stereocenters. The SMILES string of the molecule is Cn1ccc(CNc2ncncc2N)n1. The number of nitrogens with zero attached hydrogens (tertiary/aromatic N) is 4. The summed E-state index contributed by atoms with van der Waals surface area (Å²) in [6, 6.07) is 1.93. The summed E-state index contributed by atoms with van der Waals surface area (Å²) in [5, 5.41) is 7.32. The summed E-state index contributed by atoms with van der Waals surface area (Å²) in [6.07, 6.45) is 4.91. The van der Waals surface area contributed by atoms with Crippen LogP contribution in [0.2, 0.25) is 0 Å². The molecule has 0 aliphatic rings. The fraction of sp³-hybridized carbons (Fsp3) is 0.222. The van der Waals surface area contributed by atoms with Crippen molar-refractivity contribution in [3.63, 3.8) is 0 Å². The topological polar surface area (TPSA) is 81.7 Å². The smallest absolute Gasteiger partial charge is 0.152 e. The monoisotopic (exact) mass is 204 g/mol. The van der Waals surface area contributed by atoms with E-state index >= 15 is 0 Å². The Kier molecular flexibility index (Phi) is 2.49. The second-order valence-electron chi connectivity index (χ2n) is 3.16. The molecule has 0 aliphatic carbocycles. The summed E-state index contributed by atoms with van der Waals surface area (Å²) in [7, 11) is 1.88. The van der Waals surface area contributed by atoms with E-state index in [4.69, 9.17) is 5.73 Å². The van der Waals surface area contributed by atoms with Crippen molar-refractivity contribution in [2.24, 2.45) is 7.05 Å². The molecule has 2 heterocycles. The lowest BCUT2D eigenvalue weighted by atomic mass is 10.4. The molecule has 0 bridgehead atoms. The van der Waals surface area contributed by atoms with E-state index in [1.807, 2.05) is 19.3 Å². The van der Waals surface area contributed by atoms with E-state index in [1.54, 1.807) is 10.9 Å². The quantitative estimate of drug-likeness (QED) is 0.756. The number of rotatable bonds is 3. The molecule has 0 aliphatic heterocycles. The molecule has 0 saturated carbocycles. The molecule has 6 heteroatoms. The zero-order valence-electron chi connectivity index (χ0n) is 8.38. The van der Waals surface area contributed by atoms with Gasteiger partial charge in [-0.2, -0.15) is 5.10 Å². The van der Waals surface area contributed by atoms with E-state index in [9.17, 15) is 0 Å². The summed E-state index contributed by atoms with van der Waals surface area (Å²) in [5.41, 5.74) is 7.15. The molecular weight excluding hydrogens is 192 g/mol. The molecule has 2 rings (SSSR count). The van der Waals surface area contributed by atoms with Crippen LogP contribution in [0.4, 0.5) is 11.5 Å². The van der Waals surface area contributed by atoms with Crippen molar-refractivity contribution in [2.45, 2.75) is 6.54 Å². The Morgan fingerprint density at radius 2 is 2.40 bits per heavy atom. The Balaban J connectivity index is 2.02. The molecule has 15 heavy (non-hydrogen) atoms. The second-order valence-corrected chi connectivity index (χ2v) is 3.16. The van der Waals surface area contributed by atoms with Gasteiger partial charge in [0.05, 0.1) is 24.1 Å². The van der Waals surface area contributed by atoms with Gasteiger partial charge in [-0.3, -0.25) is 4.68 Å². The molecule has 3 N–H and O–H groups in total. The summed E-state index contributed by atoms with van der Waals surface area (Å²) in [4.78, 5) is 7.83. The maximum atomic E-state index is 5.68. The Morgan fingerprint density at radius 3 is 3.07 bits per heavy atom. The molecule has 78 valence electrons. The van der Waals surface area contributed by atoms with Crippen LogP contribution in [-0.2, 0) is 13.6 Å². The number of aromatic nitrogens is 4. The third kappa shape index (κ3) is 2.22. The summed E-state index contributed by atoms with van der Waals surface area (Å²) >= 11 is 0. The number of nitrogen functional groups attached to an aromatic ring is 1. The first-order chi connectivity index (χ1) is 7.25. The van der Waals surface area contributed by atoms with Crippen molar-refractivity contribution >= 4 is 11.5 Å². The van der Waals surface area contributed by atoms with E-state index in [2.05, 4.69) is 20.4 Å². The van der Waals surface area contributed by atoms with Gasteiger partial charge in [0, 0.05) is 13.2 Å². The van der Waals surface area contributed by atoms with Crippen molar-refractivity contribution in [3.05, 3.63) is 30.5 Å².